The number of amides is 2. The SMILES string of the molecule is NC(=O)c1ccsc1NC(=O)c1ccc(S(=O)(=O)N2CCCCCC2)cc1. The average molecular weight is 408 g/mol. The van der Waals surface area contributed by atoms with Gasteiger partial charge in [0.05, 0.1) is 10.5 Å². The maximum atomic E-state index is 12.8. The summed E-state index contributed by atoms with van der Waals surface area (Å²) < 4.78 is 27.1. The summed E-state index contributed by atoms with van der Waals surface area (Å²) in [5, 5.41) is 4.67. The quantitative estimate of drug-likeness (QED) is 0.794. The fourth-order valence-corrected chi connectivity index (χ4v) is 5.29. The molecule has 2 amide bonds. The van der Waals surface area contributed by atoms with Gasteiger partial charge in [-0.25, -0.2) is 8.42 Å². The second kappa shape index (κ2) is 8.20. The Morgan fingerprint density at radius 1 is 1.00 bits per heavy atom. The van der Waals surface area contributed by atoms with Gasteiger partial charge in [-0.15, -0.1) is 11.3 Å². The molecule has 0 bridgehead atoms. The molecule has 0 spiro atoms. The Morgan fingerprint density at radius 2 is 1.63 bits per heavy atom. The number of anilines is 1. The molecule has 0 atom stereocenters. The molecule has 1 fully saturated rings. The van der Waals surface area contributed by atoms with Crippen LogP contribution in [0.5, 0.6) is 0 Å². The number of thiophene rings is 1. The minimum atomic E-state index is -3.55. The maximum absolute atomic E-state index is 12.8. The third-order valence-corrected chi connectivity index (χ3v) is 7.22. The average Bonchev–Trinajstić information content (AvgIpc) is 2.93. The number of carbonyl (C=O) groups excluding carboxylic acids is 2. The molecule has 1 aromatic heterocycles. The molecular formula is C18H21N3O4S2. The van der Waals surface area contributed by atoms with Gasteiger partial charge in [0.15, 0.2) is 0 Å². The van der Waals surface area contributed by atoms with Gasteiger partial charge in [0.2, 0.25) is 10.0 Å². The van der Waals surface area contributed by atoms with Crippen LogP contribution in [0.15, 0.2) is 40.6 Å². The number of hydrogen-bond acceptors (Lipinski definition) is 5. The van der Waals surface area contributed by atoms with Crippen LogP contribution >= 0.6 is 11.3 Å². The van der Waals surface area contributed by atoms with E-state index in [-0.39, 0.29) is 10.5 Å². The lowest BCUT2D eigenvalue weighted by atomic mass is 10.2. The first-order valence-electron chi connectivity index (χ1n) is 8.68. The molecule has 1 aliphatic rings. The summed E-state index contributed by atoms with van der Waals surface area (Å²) in [5.74, 6) is -1.05. The van der Waals surface area contributed by atoms with Gasteiger partial charge in [-0.3, -0.25) is 9.59 Å². The van der Waals surface area contributed by atoms with Crippen LogP contribution in [0.1, 0.15) is 46.4 Å². The third kappa shape index (κ3) is 4.37. The molecule has 144 valence electrons. The van der Waals surface area contributed by atoms with Gasteiger partial charge >= 0.3 is 0 Å². The van der Waals surface area contributed by atoms with E-state index < -0.39 is 21.8 Å². The zero-order chi connectivity index (χ0) is 19.4. The van der Waals surface area contributed by atoms with Crippen molar-refractivity contribution in [2.45, 2.75) is 30.6 Å². The Hall–Kier alpha value is -2.23. The van der Waals surface area contributed by atoms with Gasteiger partial charge in [0, 0.05) is 18.7 Å². The van der Waals surface area contributed by atoms with E-state index in [0.717, 1.165) is 25.7 Å². The molecule has 0 unspecified atom stereocenters. The largest absolute Gasteiger partial charge is 0.366 e. The van der Waals surface area contributed by atoms with Crippen molar-refractivity contribution in [2.24, 2.45) is 5.73 Å². The molecule has 0 saturated carbocycles. The standard InChI is InChI=1S/C18H21N3O4S2/c19-16(22)15-9-12-26-18(15)20-17(23)13-5-7-14(8-6-13)27(24,25)21-10-3-1-2-4-11-21/h5-9,12H,1-4,10-11H2,(H2,19,22)(H,20,23). The van der Waals surface area contributed by atoms with Crippen molar-refractivity contribution >= 4 is 38.2 Å². The molecule has 1 aliphatic heterocycles. The Bertz CT molecular complexity index is 928. The zero-order valence-electron chi connectivity index (χ0n) is 14.7. The molecule has 27 heavy (non-hydrogen) atoms. The minimum absolute atomic E-state index is 0.176. The van der Waals surface area contributed by atoms with Gasteiger partial charge < -0.3 is 11.1 Å². The van der Waals surface area contributed by atoms with Crippen LogP contribution in [0.4, 0.5) is 5.00 Å². The van der Waals surface area contributed by atoms with Crippen molar-refractivity contribution in [3.63, 3.8) is 0 Å². The van der Waals surface area contributed by atoms with E-state index in [2.05, 4.69) is 5.32 Å². The van der Waals surface area contributed by atoms with Crippen molar-refractivity contribution in [2.75, 3.05) is 18.4 Å². The van der Waals surface area contributed by atoms with E-state index in [1.807, 2.05) is 0 Å². The van der Waals surface area contributed by atoms with Gasteiger partial charge in [-0.05, 0) is 48.6 Å². The lowest BCUT2D eigenvalue weighted by molar-refractivity contribution is 0.100. The van der Waals surface area contributed by atoms with Crippen LogP contribution in [-0.2, 0) is 10.0 Å². The molecule has 3 rings (SSSR count). The number of nitrogens with zero attached hydrogens (tertiary/aromatic N) is 1. The number of hydrogen-bond donors (Lipinski definition) is 2. The number of benzene rings is 1. The summed E-state index contributed by atoms with van der Waals surface area (Å²) in [7, 11) is -3.55. The Kier molecular flexibility index (Phi) is 5.93. The number of nitrogens with two attached hydrogens (primary N) is 1. The molecule has 1 saturated heterocycles. The number of carbonyl (C=O) groups is 2. The Labute approximate surface area is 162 Å². The van der Waals surface area contributed by atoms with E-state index >= 15 is 0 Å². The van der Waals surface area contributed by atoms with Crippen molar-refractivity contribution < 1.29 is 18.0 Å². The number of nitrogens with one attached hydrogen (secondary N) is 1. The Morgan fingerprint density at radius 3 is 2.22 bits per heavy atom. The number of rotatable bonds is 5. The molecule has 9 heteroatoms. The van der Waals surface area contributed by atoms with Gasteiger partial charge in [-0.2, -0.15) is 4.31 Å². The highest BCUT2D eigenvalue weighted by atomic mass is 32.2. The van der Waals surface area contributed by atoms with E-state index in [0.29, 0.717) is 23.7 Å². The second-order valence-electron chi connectivity index (χ2n) is 6.32. The normalized spacial score (nSPS) is 15.9. The fourth-order valence-electron chi connectivity index (χ4n) is 2.98. The summed E-state index contributed by atoms with van der Waals surface area (Å²) in [6, 6.07) is 7.37. The number of sulfonamides is 1. The molecule has 2 heterocycles. The van der Waals surface area contributed by atoms with Crippen LogP contribution in [0, 0.1) is 0 Å². The van der Waals surface area contributed by atoms with Crippen molar-refractivity contribution in [3.8, 4) is 0 Å². The van der Waals surface area contributed by atoms with Crippen LogP contribution in [0.2, 0.25) is 0 Å². The molecular weight excluding hydrogens is 386 g/mol. The van der Waals surface area contributed by atoms with E-state index in [1.54, 1.807) is 11.4 Å². The lowest BCUT2D eigenvalue weighted by Gasteiger charge is -2.20. The fraction of sp³-hybridized carbons (Fsp3) is 0.333. The molecule has 0 aliphatic carbocycles. The second-order valence-corrected chi connectivity index (χ2v) is 9.18. The summed E-state index contributed by atoms with van der Waals surface area (Å²) >= 11 is 1.19. The molecule has 1 aromatic carbocycles. The van der Waals surface area contributed by atoms with E-state index in [1.165, 1.54) is 39.9 Å². The minimum Gasteiger partial charge on any atom is -0.366 e. The molecule has 7 nitrogen and oxygen atoms in total. The third-order valence-electron chi connectivity index (χ3n) is 4.48. The summed E-state index contributed by atoms with van der Waals surface area (Å²) in [6.45, 7) is 1.05. The lowest BCUT2D eigenvalue weighted by Crippen LogP contribution is -2.31. The van der Waals surface area contributed by atoms with Gasteiger partial charge in [0.25, 0.3) is 11.8 Å². The predicted molar refractivity (Wildman–Crippen MR) is 104 cm³/mol. The van der Waals surface area contributed by atoms with Crippen molar-refractivity contribution in [3.05, 3.63) is 46.8 Å². The first-order chi connectivity index (χ1) is 12.9. The van der Waals surface area contributed by atoms with Crippen LogP contribution in [0.25, 0.3) is 0 Å². The summed E-state index contributed by atoms with van der Waals surface area (Å²) in [4.78, 5) is 23.9. The monoisotopic (exact) mass is 407 g/mol. The highest BCUT2D eigenvalue weighted by Crippen LogP contribution is 2.24. The molecule has 0 radical (unpaired) electrons. The number of primary amides is 1. The highest BCUT2D eigenvalue weighted by Gasteiger charge is 2.25. The smallest absolute Gasteiger partial charge is 0.256 e. The van der Waals surface area contributed by atoms with Crippen molar-refractivity contribution in [1.29, 1.82) is 0 Å². The first-order valence-corrected chi connectivity index (χ1v) is 11.0. The van der Waals surface area contributed by atoms with Gasteiger partial charge in [-0.1, -0.05) is 12.8 Å². The Balaban J connectivity index is 1.75. The summed E-state index contributed by atoms with van der Waals surface area (Å²) in [6.07, 6.45) is 3.81. The zero-order valence-corrected chi connectivity index (χ0v) is 16.3. The van der Waals surface area contributed by atoms with E-state index in [4.69, 9.17) is 5.73 Å². The van der Waals surface area contributed by atoms with E-state index in [9.17, 15) is 18.0 Å². The predicted octanol–water partition coefficient (Wildman–Crippen LogP) is 2.66. The van der Waals surface area contributed by atoms with Crippen LogP contribution < -0.4 is 11.1 Å². The highest BCUT2D eigenvalue weighted by molar-refractivity contribution is 7.89. The first kappa shape index (κ1) is 19.5. The molecule has 3 N–H and O–H groups in total. The topological polar surface area (TPSA) is 110 Å². The van der Waals surface area contributed by atoms with Crippen LogP contribution in [-0.4, -0.2) is 37.6 Å². The molecule has 2 aromatic rings. The van der Waals surface area contributed by atoms with Crippen LogP contribution in [0.3, 0.4) is 0 Å². The summed E-state index contributed by atoms with van der Waals surface area (Å²) in [5.41, 5.74) is 5.81. The van der Waals surface area contributed by atoms with Crippen molar-refractivity contribution in [1.82, 2.24) is 4.31 Å². The maximum Gasteiger partial charge on any atom is 0.256 e. The van der Waals surface area contributed by atoms with Gasteiger partial charge in [0.1, 0.15) is 5.00 Å².